The van der Waals surface area contributed by atoms with Crippen molar-refractivity contribution in [1.82, 2.24) is 5.32 Å². The zero-order valence-corrected chi connectivity index (χ0v) is 13.1. The van der Waals surface area contributed by atoms with E-state index in [2.05, 4.69) is 24.4 Å². The van der Waals surface area contributed by atoms with Gasteiger partial charge in [-0.25, -0.2) is 0 Å². The average Bonchev–Trinajstić information content (AvgIpc) is 2.53. The van der Waals surface area contributed by atoms with Crippen LogP contribution in [0.4, 0.5) is 0 Å². The standard InChI is InChI=1S/C16H22N2O2S/c1-12(13-5-3-2-4-6-13)11-18-15(19)16(14(17)21)7-9-20-10-8-16/h2-6,12H,7-11H2,1H3,(H2,17,21)(H,18,19). The van der Waals surface area contributed by atoms with E-state index in [1.165, 1.54) is 5.56 Å². The van der Waals surface area contributed by atoms with Crippen LogP contribution < -0.4 is 11.1 Å². The van der Waals surface area contributed by atoms with Crippen LogP contribution in [-0.2, 0) is 9.53 Å². The van der Waals surface area contributed by atoms with Gasteiger partial charge in [-0.05, 0) is 24.3 Å². The quantitative estimate of drug-likeness (QED) is 0.817. The lowest BCUT2D eigenvalue weighted by atomic mass is 9.79. The highest BCUT2D eigenvalue weighted by Gasteiger charge is 2.42. The van der Waals surface area contributed by atoms with E-state index in [0.717, 1.165) is 0 Å². The highest BCUT2D eigenvalue weighted by molar-refractivity contribution is 7.80. The molecule has 1 aromatic carbocycles. The van der Waals surface area contributed by atoms with E-state index < -0.39 is 5.41 Å². The molecule has 0 saturated carbocycles. The number of thiocarbonyl (C=S) groups is 1. The predicted molar refractivity (Wildman–Crippen MR) is 87.1 cm³/mol. The molecule has 1 aliphatic rings. The second-order valence-corrected chi connectivity index (χ2v) is 6.02. The molecule has 2 rings (SSSR count). The van der Waals surface area contributed by atoms with Gasteiger partial charge in [0.15, 0.2) is 0 Å². The molecular weight excluding hydrogens is 284 g/mol. The van der Waals surface area contributed by atoms with Crippen LogP contribution in [0.1, 0.15) is 31.2 Å². The summed E-state index contributed by atoms with van der Waals surface area (Å²) in [5.74, 6) is 0.180. The lowest BCUT2D eigenvalue weighted by Gasteiger charge is -2.35. The van der Waals surface area contributed by atoms with Crippen LogP contribution in [0.2, 0.25) is 0 Å². The zero-order valence-electron chi connectivity index (χ0n) is 12.3. The highest BCUT2D eigenvalue weighted by Crippen LogP contribution is 2.31. The third-order valence-electron chi connectivity index (χ3n) is 4.19. The van der Waals surface area contributed by atoms with Crippen molar-refractivity contribution >= 4 is 23.1 Å². The molecule has 4 nitrogen and oxygen atoms in total. The molecule has 0 aliphatic carbocycles. The average molecular weight is 306 g/mol. The van der Waals surface area contributed by atoms with E-state index in [0.29, 0.717) is 32.6 Å². The number of amides is 1. The van der Waals surface area contributed by atoms with Crippen molar-refractivity contribution in [1.29, 1.82) is 0 Å². The second-order valence-electron chi connectivity index (χ2n) is 5.58. The number of nitrogens with two attached hydrogens (primary N) is 1. The Morgan fingerprint density at radius 2 is 2.00 bits per heavy atom. The van der Waals surface area contributed by atoms with E-state index in [1.54, 1.807) is 0 Å². The monoisotopic (exact) mass is 306 g/mol. The first-order valence-corrected chi connectivity index (χ1v) is 7.68. The van der Waals surface area contributed by atoms with Gasteiger partial charge in [0.1, 0.15) is 5.41 Å². The maximum Gasteiger partial charge on any atom is 0.233 e. The molecule has 1 heterocycles. The van der Waals surface area contributed by atoms with Crippen LogP contribution in [0.25, 0.3) is 0 Å². The minimum Gasteiger partial charge on any atom is -0.392 e. The van der Waals surface area contributed by atoms with Gasteiger partial charge in [0.2, 0.25) is 5.91 Å². The van der Waals surface area contributed by atoms with Gasteiger partial charge in [0.25, 0.3) is 0 Å². The molecule has 3 N–H and O–H groups in total. The van der Waals surface area contributed by atoms with Crippen molar-refractivity contribution in [3.63, 3.8) is 0 Å². The van der Waals surface area contributed by atoms with E-state index in [4.69, 9.17) is 22.7 Å². The SMILES string of the molecule is CC(CNC(=O)C1(C(N)=S)CCOCC1)c1ccccc1. The van der Waals surface area contributed by atoms with Crippen molar-refractivity contribution < 1.29 is 9.53 Å². The first kappa shape index (κ1) is 15.9. The van der Waals surface area contributed by atoms with Gasteiger partial charge in [0, 0.05) is 19.8 Å². The summed E-state index contributed by atoms with van der Waals surface area (Å²) in [7, 11) is 0. The fraction of sp³-hybridized carbons (Fsp3) is 0.500. The Balaban J connectivity index is 1.98. The molecule has 1 atom stereocenters. The molecule has 1 aliphatic heterocycles. The molecule has 0 radical (unpaired) electrons. The number of rotatable bonds is 5. The van der Waals surface area contributed by atoms with Gasteiger partial charge in [-0.3, -0.25) is 4.79 Å². The highest BCUT2D eigenvalue weighted by atomic mass is 32.1. The fourth-order valence-electron chi connectivity index (χ4n) is 2.62. The maximum atomic E-state index is 12.6. The Hall–Kier alpha value is -1.46. The molecule has 0 bridgehead atoms. The summed E-state index contributed by atoms with van der Waals surface area (Å²) in [6.07, 6.45) is 1.13. The van der Waals surface area contributed by atoms with E-state index in [-0.39, 0.29) is 16.8 Å². The molecule has 1 aromatic rings. The lowest BCUT2D eigenvalue weighted by Crippen LogP contribution is -2.52. The number of hydrogen-bond acceptors (Lipinski definition) is 3. The molecule has 21 heavy (non-hydrogen) atoms. The zero-order chi connectivity index (χ0) is 15.3. The number of benzene rings is 1. The van der Waals surface area contributed by atoms with Gasteiger partial charge in [-0.15, -0.1) is 0 Å². The number of carbonyl (C=O) groups excluding carboxylic acids is 1. The smallest absolute Gasteiger partial charge is 0.233 e. The molecule has 0 spiro atoms. The maximum absolute atomic E-state index is 12.6. The summed E-state index contributed by atoms with van der Waals surface area (Å²) in [6.45, 7) is 3.72. The number of ether oxygens (including phenoxy) is 1. The number of nitrogens with one attached hydrogen (secondary N) is 1. The summed E-state index contributed by atoms with van der Waals surface area (Å²) < 4.78 is 5.32. The van der Waals surface area contributed by atoms with E-state index >= 15 is 0 Å². The van der Waals surface area contributed by atoms with Crippen LogP contribution in [-0.4, -0.2) is 30.7 Å². The Morgan fingerprint density at radius 1 is 1.38 bits per heavy atom. The van der Waals surface area contributed by atoms with Gasteiger partial charge in [-0.1, -0.05) is 49.5 Å². The molecular formula is C16H22N2O2S. The summed E-state index contributed by atoms with van der Waals surface area (Å²) in [6, 6.07) is 10.1. The van der Waals surface area contributed by atoms with Crippen LogP contribution in [0.5, 0.6) is 0 Å². The molecule has 0 aromatic heterocycles. The number of hydrogen-bond donors (Lipinski definition) is 2. The van der Waals surface area contributed by atoms with Crippen molar-refractivity contribution in [2.75, 3.05) is 19.8 Å². The normalized spacial score (nSPS) is 18.7. The predicted octanol–water partition coefficient (Wildman–Crippen LogP) is 1.99. The van der Waals surface area contributed by atoms with Crippen molar-refractivity contribution in [3.8, 4) is 0 Å². The topological polar surface area (TPSA) is 64.4 Å². The van der Waals surface area contributed by atoms with Gasteiger partial charge in [-0.2, -0.15) is 0 Å². The largest absolute Gasteiger partial charge is 0.392 e. The summed E-state index contributed by atoms with van der Waals surface area (Å²) in [4.78, 5) is 12.8. The van der Waals surface area contributed by atoms with Crippen LogP contribution in [0.15, 0.2) is 30.3 Å². The Kier molecular flexibility index (Phi) is 5.31. The third kappa shape index (κ3) is 3.60. The van der Waals surface area contributed by atoms with Crippen LogP contribution >= 0.6 is 12.2 Å². The Labute approximate surface area is 131 Å². The van der Waals surface area contributed by atoms with Gasteiger partial charge >= 0.3 is 0 Å². The molecule has 5 heteroatoms. The first-order valence-electron chi connectivity index (χ1n) is 7.27. The lowest BCUT2D eigenvalue weighted by molar-refractivity contribution is -0.131. The second kappa shape index (κ2) is 7.00. The van der Waals surface area contributed by atoms with Crippen molar-refractivity contribution in [2.45, 2.75) is 25.7 Å². The first-order chi connectivity index (χ1) is 10.1. The molecule has 1 amide bonds. The summed E-state index contributed by atoms with van der Waals surface area (Å²) >= 11 is 5.14. The summed E-state index contributed by atoms with van der Waals surface area (Å²) in [5, 5.41) is 3.01. The third-order valence-corrected chi connectivity index (χ3v) is 4.58. The molecule has 114 valence electrons. The minimum atomic E-state index is -0.746. The molecule has 1 fully saturated rings. The minimum absolute atomic E-state index is 0.0684. The van der Waals surface area contributed by atoms with E-state index in [1.807, 2.05) is 18.2 Å². The molecule has 1 unspecified atom stereocenters. The Morgan fingerprint density at radius 3 is 2.57 bits per heavy atom. The summed E-state index contributed by atoms with van der Waals surface area (Å²) in [5.41, 5.74) is 6.29. The fourth-order valence-corrected chi connectivity index (χ4v) is 2.92. The van der Waals surface area contributed by atoms with Gasteiger partial charge < -0.3 is 15.8 Å². The van der Waals surface area contributed by atoms with E-state index in [9.17, 15) is 4.79 Å². The van der Waals surface area contributed by atoms with Crippen LogP contribution in [0.3, 0.4) is 0 Å². The van der Waals surface area contributed by atoms with Crippen LogP contribution in [0, 0.1) is 5.41 Å². The molecule has 1 saturated heterocycles. The van der Waals surface area contributed by atoms with Crippen molar-refractivity contribution in [3.05, 3.63) is 35.9 Å². The Bertz CT molecular complexity index is 498. The van der Waals surface area contributed by atoms with Gasteiger partial charge in [0.05, 0.1) is 4.99 Å². The number of carbonyl (C=O) groups is 1. The van der Waals surface area contributed by atoms with Crippen molar-refractivity contribution in [2.24, 2.45) is 11.1 Å².